The molecule has 17 heavy (non-hydrogen) atoms. The Morgan fingerprint density at radius 3 is 2.41 bits per heavy atom. The number of carbonyl (C=O) groups excluding carboxylic acids is 1. The van der Waals surface area contributed by atoms with E-state index in [-0.39, 0.29) is 5.92 Å². The van der Waals surface area contributed by atoms with E-state index in [1.54, 1.807) is 12.3 Å². The van der Waals surface area contributed by atoms with Crippen LogP contribution in [0.3, 0.4) is 0 Å². The number of benzene rings is 1. The molecule has 2 aromatic rings. The summed E-state index contributed by atoms with van der Waals surface area (Å²) < 4.78 is 0. The van der Waals surface area contributed by atoms with Crippen LogP contribution in [0.2, 0.25) is 0 Å². The topological polar surface area (TPSA) is 30.0 Å². The highest BCUT2D eigenvalue weighted by Crippen LogP contribution is 2.29. The highest BCUT2D eigenvalue weighted by molar-refractivity contribution is 5.82. The summed E-state index contributed by atoms with van der Waals surface area (Å²) in [5.74, 6) is 0.277. The predicted molar refractivity (Wildman–Crippen MR) is 69.1 cm³/mol. The Balaban J connectivity index is 2.66. The van der Waals surface area contributed by atoms with E-state index in [9.17, 15) is 4.79 Å². The highest BCUT2D eigenvalue weighted by Gasteiger charge is 2.13. The van der Waals surface area contributed by atoms with Gasteiger partial charge in [-0.3, -0.25) is 9.78 Å². The smallest absolute Gasteiger partial charge is 0.150 e. The third-order valence-electron chi connectivity index (χ3n) is 2.78. The molecule has 0 unspecified atom stereocenters. The summed E-state index contributed by atoms with van der Waals surface area (Å²) in [7, 11) is 0. The van der Waals surface area contributed by atoms with Crippen molar-refractivity contribution in [2.24, 2.45) is 0 Å². The fraction of sp³-hybridized carbons (Fsp3) is 0.200. The number of hydrogen-bond acceptors (Lipinski definition) is 2. The SMILES string of the molecule is CC(C)c1c(C=O)ccnc1-c1ccccc1. The summed E-state index contributed by atoms with van der Waals surface area (Å²) in [5, 5.41) is 0. The number of carbonyl (C=O) groups is 1. The van der Waals surface area contributed by atoms with Gasteiger partial charge >= 0.3 is 0 Å². The molecule has 2 heteroatoms. The molecule has 0 saturated heterocycles. The van der Waals surface area contributed by atoms with E-state index < -0.39 is 0 Å². The van der Waals surface area contributed by atoms with Crippen LogP contribution in [0.4, 0.5) is 0 Å². The maximum atomic E-state index is 11.1. The molecular weight excluding hydrogens is 210 g/mol. The first-order valence-corrected chi connectivity index (χ1v) is 5.73. The summed E-state index contributed by atoms with van der Waals surface area (Å²) >= 11 is 0. The molecule has 0 atom stereocenters. The third-order valence-corrected chi connectivity index (χ3v) is 2.78. The van der Waals surface area contributed by atoms with E-state index in [4.69, 9.17) is 0 Å². The molecule has 0 saturated carbocycles. The van der Waals surface area contributed by atoms with Gasteiger partial charge in [0.1, 0.15) is 6.29 Å². The molecule has 1 heterocycles. The van der Waals surface area contributed by atoms with Crippen LogP contribution in [0.25, 0.3) is 11.3 Å². The molecule has 1 aromatic carbocycles. The third kappa shape index (κ3) is 2.26. The second kappa shape index (κ2) is 4.91. The standard InChI is InChI=1S/C15H15NO/c1-11(2)14-13(10-17)8-9-16-15(14)12-6-4-3-5-7-12/h3-11H,1-2H3. The lowest BCUT2D eigenvalue weighted by molar-refractivity contribution is 0.112. The second-order valence-electron chi connectivity index (χ2n) is 4.30. The van der Waals surface area contributed by atoms with Crippen molar-refractivity contribution in [2.75, 3.05) is 0 Å². The number of nitrogens with zero attached hydrogens (tertiary/aromatic N) is 1. The molecule has 0 fully saturated rings. The van der Waals surface area contributed by atoms with Gasteiger partial charge in [-0.05, 0) is 17.5 Å². The molecule has 0 aliphatic heterocycles. The van der Waals surface area contributed by atoms with Crippen LogP contribution in [-0.2, 0) is 0 Å². The lowest BCUT2D eigenvalue weighted by atomic mass is 9.93. The van der Waals surface area contributed by atoms with Crippen molar-refractivity contribution in [1.29, 1.82) is 0 Å². The Morgan fingerprint density at radius 2 is 1.82 bits per heavy atom. The van der Waals surface area contributed by atoms with Crippen LogP contribution in [0.5, 0.6) is 0 Å². The normalized spacial score (nSPS) is 10.5. The lowest BCUT2D eigenvalue weighted by Crippen LogP contribution is -2.00. The Kier molecular flexibility index (Phi) is 3.33. The summed E-state index contributed by atoms with van der Waals surface area (Å²) in [6.07, 6.45) is 2.60. The van der Waals surface area contributed by atoms with Gasteiger partial charge in [0.15, 0.2) is 0 Å². The number of rotatable bonds is 3. The number of aldehydes is 1. The Labute approximate surface area is 101 Å². The Morgan fingerprint density at radius 1 is 1.12 bits per heavy atom. The average Bonchev–Trinajstić information content (AvgIpc) is 2.38. The Bertz CT molecular complexity index is 518. The van der Waals surface area contributed by atoms with E-state index in [1.807, 2.05) is 30.3 Å². The maximum absolute atomic E-state index is 11.1. The molecule has 0 amide bonds. The molecule has 0 radical (unpaired) electrons. The van der Waals surface area contributed by atoms with Crippen LogP contribution in [0.15, 0.2) is 42.6 Å². The fourth-order valence-electron chi connectivity index (χ4n) is 2.02. The largest absolute Gasteiger partial charge is 0.298 e. The average molecular weight is 225 g/mol. The van der Waals surface area contributed by atoms with E-state index in [1.165, 1.54) is 0 Å². The maximum Gasteiger partial charge on any atom is 0.150 e. The Hall–Kier alpha value is -1.96. The quantitative estimate of drug-likeness (QED) is 0.746. The molecule has 2 nitrogen and oxygen atoms in total. The van der Waals surface area contributed by atoms with Gasteiger partial charge in [-0.25, -0.2) is 0 Å². The van der Waals surface area contributed by atoms with Crippen molar-refractivity contribution >= 4 is 6.29 Å². The van der Waals surface area contributed by atoms with Crippen molar-refractivity contribution in [3.63, 3.8) is 0 Å². The van der Waals surface area contributed by atoms with Crippen LogP contribution < -0.4 is 0 Å². The van der Waals surface area contributed by atoms with Crippen molar-refractivity contribution in [2.45, 2.75) is 19.8 Å². The van der Waals surface area contributed by atoms with E-state index in [0.717, 1.165) is 28.7 Å². The van der Waals surface area contributed by atoms with Crippen LogP contribution in [0.1, 0.15) is 35.7 Å². The van der Waals surface area contributed by atoms with E-state index in [2.05, 4.69) is 18.8 Å². The first kappa shape index (κ1) is 11.5. The summed E-state index contributed by atoms with van der Waals surface area (Å²) in [6, 6.07) is 11.7. The zero-order valence-electron chi connectivity index (χ0n) is 10.1. The van der Waals surface area contributed by atoms with E-state index >= 15 is 0 Å². The lowest BCUT2D eigenvalue weighted by Gasteiger charge is -2.14. The van der Waals surface area contributed by atoms with Gasteiger partial charge in [0.05, 0.1) is 5.69 Å². The molecule has 86 valence electrons. The highest BCUT2D eigenvalue weighted by atomic mass is 16.1. The molecular formula is C15H15NO. The first-order chi connectivity index (χ1) is 8.24. The van der Waals surface area contributed by atoms with Gasteiger partial charge in [0, 0.05) is 17.3 Å². The molecule has 2 rings (SSSR count). The minimum absolute atomic E-state index is 0.277. The molecule has 0 bridgehead atoms. The summed E-state index contributed by atoms with van der Waals surface area (Å²) in [6.45, 7) is 4.16. The van der Waals surface area contributed by atoms with Gasteiger partial charge in [-0.15, -0.1) is 0 Å². The molecule has 0 aliphatic carbocycles. The monoisotopic (exact) mass is 225 g/mol. The van der Waals surface area contributed by atoms with Gasteiger partial charge < -0.3 is 0 Å². The second-order valence-corrected chi connectivity index (χ2v) is 4.30. The number of aromatic nitrogens is 1. The van der Waals surface area contributed by atoms with Crippen molar-refractivity contribution < 1.29 is 4.79 Å². The number of hydrogen-bond donors (Lipinski definition) is 0. The number of pyridine rings is 1. The zero-order chi connectivity index (χ0) is 12.3. The van der Waals surface area contributed by atoms with Crippen LogP contribution >= 0.6 is 0 Å². The van der Waals surface area contributed by atoms with Gasteiger partial charge in [-0.1, -0.05) is 44.2 Å². The van der Waals surface area contributed by atoms with Crippen molar-refractivity contribution in [1.82, 2.24) is 4.98 Å². The van der Waals surface area contributed by atoms with E-state index in [0.29, 0.717) is 0 Å². The summed E-state index contributed by atoms with van der Waals surface area (Å²) in [5.41, 5.74) is 3.72. The summed E-state index contributed by atoms with van der Waals surface area (Å²) in [4.78, 5) is 15.5. The van der Waals surface area contributed by atoms with Crippen LogP contribution in [-0.4, -0.2) is 11.3 Å². The zero-order valence-corrected chi connectivity index (χ0v) is 10.1. The van der Waals surface area contributed by atoms with Gasteiger partial charge in [-0.2, -0.15) is 0 Å². The van der Waals surface area contributed by atoms with Crippen LogP contribution in [0, 0.1) is 0 Å². The van der Waals surface area contributed by atoms with Crippen molar-refractivity contribution in [3.05, 3.63) is 53.7 Å². The van der Waals surface area contributed by atoms with Crippen molar-refractivity contribution in [3.8, 4) is 11.3 Å². The molecule has 0 N–H and O–H groups in total. The minimum Gasteiger partial charge on any atom is -0.298 e. The molecule has 1 aromatic heterocycles. The first-order valence-electron chi connectivity index (χ1n) is 5.73. The molecule has 0 spiro atoms. The fourth-order valence-corrected chi connectivity index (χ4v) is 2.02. The van der Waals surface area contributed by atoms with Gasteiger partial charge in [0.2, 0.25) is 0 Å². The van der Waals surface area contributed by atoms with Gasteiger partial charge in [0.25, 0.3) is 0 Å². The minimum atomic E-state index is 0.277. The predicted octanol–water partition coefficient (Wildman–Crippen LogP) is 3.68. The molecule has 0 aliphatic rings.